The molecular formula is C17H16Cl2N2O2. The number of carboxylic acid groups (broad SMARTS) is 1. The lowest BCUT2D eigenvalue weighted by atomic mass is 9.80. The lowest BCUT2D eigenvalue weighted by molar-refractivity contribution is -0.129. The number of benzene rings is 1. The number of halogens is 2. The molecular weight excluding hydrogens is 335 g/mol. The Kier molecular flexibility index (Phi) is 4.46. The molecule has 3 atom stereocenters. The van der Waals surface area contributed by atoms with Crippen LogP contribution >= 0.6 is 23.2 Å². The average molecular weight is 351 g/mol. The minimum Gasteiger partial charge on any atom is -0.477 e. The van der Waals surface area contributed by atoms with Gasteiger partial charge in [0.05, 0.1) is 16.8 Å². The van der Waals surface area contributed by atoms with Gasteiger partial charge in [-0.25, -0.2) is 4.79 Å². The second-order valence-corrected chi connectivity index (χ2v) is 6.55. The summed E-state index contributed by atoms with van der Waals surface area (Å²) in [6.45, 7) is 1.97. The molecule has 0 fully saturated rings. The summed E-state index contributed by atoms with van der Waals surface area (Å²) >= 11 is 12.2. The molecule has 1 aromatic rings. The molecule has 0 amide bonds. The van der Waals surface area contributed by atoms with E-state index in [2.05, 4.69) is 11.2 Å². The van der Waals surface area contributed by atoms with E-state index >= 15 is 0 Å². The van der Waals surface area contributed by atoms with Crippen LogP contribution in [-0.2, 0) is 4.79 Å². The van der Waals surface area contributed by atoms with E-state index in [-0.39, 0.29) is 23.6 Å². The van der Waals surface area contributed by atoms with E-state index in [1.807, 2.05) is 25.2 Å². The third kappa shape index (κ3) is 3.01. The molecule has 0 radical (unpaired) electrons. The van der Waals surface area contributed by atoms with Crippen LogP contribution in [0.15, 0.2) is 47.6 Å². The summed E-state index contributed by atoms with van der Waals surface area (Å²) in [6, 6.07) is 5.02. The van der Waals surface area contributed by atoms with Crippen molar-refractivity contribution in [2.24, 2.45) is 16.9 Å². The molecule has 3 rings (SSSR count). The normalized spacial score (nSPS) is 26.5. The fourth-order valence-electron chi connectivity index (χ4n) is 3.21. The van der Waals surface area contributed by atoms with Crippen molar-refractivity contribution in [1.82, 2.24) is 0 Å². The van der Waals surface area contributed by atoms with Crippen molar-refractivity contribution in [3.8, 4) is 0 Å². The van der Waals surface area contributed by atoms with Gasteiger partial charge in [-0.05, 0) is 37.5 Å². The summed E-state index contributed by atoms with van der Waals surface area (Å²) in [4.78, 5) is 11.7. The number of carboxylic acids is 1. The zero-order valence-corrected chi connectivity index (χ0v) is 14.0. The Morgan fingerprint density at radius 1 is 1.35 bits per heavy atom. The third-order valence-electron chi connectivity index (χ3n) is 4.29. The maximum absolute atomic E-state index is 11.7. The van der Waals surface area contributed by atoms with Crippen LogP contribution in [0.25, 0.3) is 0 Å². The Balaban J connectivity index is 1.98. The summed E-state index contributed by atoms with van der Waals surface area (Å²) in [7, 11) is 0. The highest BCUT2D eigenvalue weighted by Crippen LogP contribution is 2.39. The Bertz CT molecular complexity index is 727. The molecule has 1 aliphatic carbocycles. The van der Waals surface area contributed by atoms with Crippen LogP contribution < -0.4 is 5.01 Å². The van der Waals surface area contributed by atoms with Crippen molar-refractivity contribution in [2.75, 3.05) is 5.01 Å². The van der Waals surface area contributed by atoms with Gasteiger partial charge in [0.1, 0.15) is 0 Å². The molecule has 6 heteroatoms. The van der Waals surface area contributed by atoms with Crippen molar-refractivity contribution >= 4 is 40.6 Å². The highest BCUT2D eigenvalue weighted by atomic mass is 35.5. The molecule has 1 unspecified atom stereocenters. The molecule has 0 spiro atoms. The Hall–Kier alpha value is -1.78. The summed E-state index contributed by atoms with van der Waals surface area (Å²) in [6.07, 6.45) is 8.83. The van der Waals surface area contributed by atoms with Crippen LogP contribution in [0.2, 0.25) is 10.0 Å². The predicted molar refractivity (Wildman–Crippen MR) is 93.4 cm³/mol. The molecule has 2 aliphatic rings. The van der Waals surface area contributed by atoms with Crippen molar-refractivity contribution in [3.05, 3.63) is 52.5 Å². The number of hydrogen-bond donors (Lipinski definition) is 1. The molecule has 120 valence electrons. The maximum Gasteiger partial charge on any atom is 0.352 e. The first-order chi connectivity index (χ1) is 11.0. The molecule has 0 saturated carbocycles. The predicted octanol–water partition coefficient (Wildman–Crippen LogP) is 4.39. The van der Waals surface area contributed by atoms with Gasteiger partial charge in [-0.2, -0.15) is 5.10 Å². The molecule has 0 bridgehead atoms. The number of carbonyl (C=O) groups is 1. The van der Waals surface area contributed by atoms with Gasteiger partial charge < -0.3 is 5.11 Å². The minimum absolute atomic E-state index is 0.110. The van der Waals surface area contributed by atoms with Gasteiger partial charge in [-0.15, -0.1) is 0 Å². The number of aliphatic carboxylic acids is 1. The quantitative estimate of drug-likeness (QED) is 0.879. The van der Waals surface area contributed by atoms with Crippen LogP contribution in [0.4, 0.5) is 5.69 Å². The Labute approximate surface area is 144 Å². The van der Waals surface area contributed by atoms with Crippen molar-refractivity contribution in [1.29, 1.82) is 0 Å². The van der Waals surface area contributed by atoms with Crippen LogP contribution in [0.5, 0.6) is 0 Å². The Morgan fingerprint density at radius 2 is 2.13 bits per heavy atom. The maximum atomic E-state index is 11.7. The van der Waals surface area contributed by atoms with E-state index in [1.165, 1.54) is 0 Å². The van der Waals surface area contributed by atoms with Gasteiger partial charge in [0, 0.05) is 10.9 Å². The SMILES string of the molecule is C[C@H]1[C@H](C2C=CC=CC2)C(C(=O)O)=NN1c1ccc(Cl)cc1Cl. The molecule has 4 nitrogen and oxygen atoms in total. The van der Waals surface area contributed by atoms with E-state index < -0.39 is 5.97 Å². The van der Waals surface area contributed by atoms with Gasteiger partial charge in [0.25, 0.3) is 0 Å². The van der Waals surface area contributed by atoms with Gasteiger partial charge in [0.2, 0.25) is 0 Å². The van der Waals surface area contributed by atoms with Crippen molar-refractivity contribution in [3.63, 3.8) is 0 Å². The number of hydrazone groups is 1. The standard InChI is InChI=1S/C17H16Cl2N2O2/c1-10-15(11-5-3-2-4-6-11)16(17(22)23)20-21(10)14-8-7-12(18)9-13(14)19/h2-5,7-11,15H,6H2,1H3,(H,22,23)/t10-,11?,15+/m0/s1. The van der Waals surface area contributed by atoms with E-state index in [9.17, 15) is 9.90 Å². The number of rotatable bonds is 3. The number of anilines is 1. The highest BCUT2D eigenvalue weighted by Gasteiger charge is 2.42. The van der Waals surface area contributed by atoms with Crippen LogP contribution in [0.3, 0.4) is 0 Å². The molecule has 1 aliphatic heterocycles. The fraction of sp³-hybridized carbons (Fsp3) is 0.294. The van der Waals surface area contributed by atoms with E-state index in [4.69, 9.17) is 23.2 Å². The van der Waals surface area contributed by atoms with Gasteiger partial charge >= 0.3 is 5.97 Å². The van der Waals surface area contributed by atoms with E-state index in [1.54, 1.807) is 23.2 Å². The molecule has 1 heterocycles. The van der Waals surface area contributed by atoms with Crippen LogP contribution in [0.1, 0.15) is 13.3 Å². The zero-order valence-electron chi connectivity index (χ0n) is 12.5. The fourth-order valence-corrected chi connectivity index (χ4v) is 3.70. The first kappa shape index (κ1) is 16.1. The van der Waals surface area contributed by atoms with Crippen molar-refractivity contribution in [2.45, 2.75) is 19.4 Å². The Morgan fingerprint density at radius 3 is 2.74 bits per heavy atom. The van der Waals surface area contributed by atoms with E-state index in [0.29, 0.717) is 15.7 Å². The molecule has 1 aromatic carbocycles. The number of allylic oxidation sites excluding steroid dienone is 4. The van der Waals surface area contributed by atoms with Crippen LogP contribution in [-0.4, -0.2) is 22.8 Å². The molecule has 23 heavy (non-hydrogen) atoms. The summed E-state index contributed by atoms with van der Waals surface area (Å²) in [5.41, 5.74) is 0.841. The topological polar surface area (TPSA) is 52.9 Å². The first-order valence-corrected chi connectivity index (χ1v) is 8.14. The van der Waals surface area contributed by atoms with Crippen molar-refractivity contribution < 1.29 is 9.90 Å². The largest absolute Gasteiger partial charge is 0.477 e. The van der Waals surface area contributed by atoms with E-state index in [0.717, 1.165) is 6.42 Å². The molecule has 0 saturated heterocycles. The number of hydrogen-bond acceptors (Lipinski definition) is 3. The third-order valence-corrected chi connectivity index (χ3v) is 4.83. The molecule has 0 aromatic heterocycles. The lowest BCUT2D eigenvalue weighted by Crippen LogP contribution is -2.37. The van der Waals surface area contributed by atoms with Gasteiger partial charge in [-0.3, -0.25) is 5.01 Å². The van der Waals surface area contributed by atoms with Gasteiger partial charge in [0.15, 0.2) is 5.71 Å². The first-order valence-electron chi connectivity index (χ1n) is 7.38. The highest BCUT2D eigenvalue weighted by molar-refractivity contribution is 6.38. The molecule has 1 N–H and O–H groups in total. The smallest absolute Gasteiger partial charge is 0.352 e. The second-order valence-electron chi connectivity index (χ2n) is 5.71. The minimum atomic E-state index is -0.989. The second kappa shape index (κ2) is 6.38. The van der Waals surface area contributed by atoms with Crippen LogP contribution in [0, 0.1) is 11.8 Å². The lowest BCUT2D eigenvalue weighted by Gasteiger charge is -2.29. The number of nitrogens with zero attached hydrogens (tertiary/aromatic N) is 2. The summed E-state index contributed by atoms with van der Waals surface area (Å²) < 4.78 is 0. The van der Waals surface area contributed by atoms with Gasteiger partial charge in [-0.1, -0.05) is 47.5 Å². The monoisotopic (exact) mass is 350 g/mol. The summed E-state index contributed by atoms with van der Waals surface area (Å²) in [5.74, 6) is -1.07. The summed E-state index contributed by atoms with van der Waals surface area (Å²) in [5, 5.41) is 16.6. The average Bonchev–Trinajstić information content (AvgIpc) is 2.86. The zero-order chi connectivity index (χ0) is 16.6.